The summed E-state index contributed by atoms with van der Waals surface area (Å²) in [7, 11) is 0. The van der Waals surface area contributed by atoms with Gasteiger partial charge in [-0.2, -0.15) is 0 Å². The van der Waals surface area contributed by atoms with Gasteiger partial charge in [0.05, 0.1) is 0 Å². The smallest absolute Gasteiger partial charge is 0.0430 e. The minimum absolute atomic E-state index is 0. The van der Waals surface area contributed by atoms with Crippen molar-refractivity contribution in [3.05, 3.63) is 0 Å². The molecule has 0 saturated heterocycles. The molecule has 0 aromatic heterocycles. The van der Waals surface area contributed by atoms with Gasteiger partial charge < -0.3 is 10.2 Å². The van der Waals surface area contributed by atoms with E-state index in [0.717, 1.165) is 25.7 Å². The quantitative estimate of drug-likeness (QED) is 0.713. The molecule has 5 heteroatoms. The van der Waals surface area contributed by atoms with E-state index in [4.69, 9.17) is 10.2 Å². The predicted octanol–water partition coefficient (Wildman–Crippen LogP) is 2.40. The fraction of sp³-hybridized carbons (Fsp3) is 1.00. The van der Waals surface area contributed by atoms with Gasteiger partial charge in [0.25, 0.3) is 0 Å². The summed E-state index contributed by atoms with van der Waals surface area (Å²) in [5.74, 6) is 0. The van der Waals surface area contributed by atoms with Crippen LogP contribution in [0.4, 0.5) is 0 Å². The van der Waals surface area contributed by atoms with Gasteiger partial charge in [-0.3, -0.25) is 0 Å². The van der Waals surface area contributed by atoms with Crippen molar-refractivity contribution in [2.75, 3.05) is 13.2 Å². The van der Waals surface area contributed by atoms with E-state index in [2.05, 4.69) is 13.8 Å². The van der Waals surface area contributed by atoms with Crippen LogP contribution in [-0.4, -0.2) is 23.4 Å². The fourth-order valence-electron chi connectivity index (χ4n) is 0.316. The largest absolute Gasteiger partial charge is 0.396 e. The molecular weight excluding hydrogens is 377 g/mol. The summed E-state index contributed by atoms with van der Waals surface area (Å²) in [4.78, 5) is 0. The normalized spacial score (nSPS) is 6.46. The Labute approximate surface area is 113 Å². The van der Waals surface area contributed by atoms with Gasteiger partial charge in [0, 0.05) is 39.1 Å². The molecule has 2 N–H and O–H groups in total. The molecule has 0 saturated carbocycles. The first-order valence-electron chi connectivity index (χ1n) is 4.05. The van der Waals surface area contributed by atoms with E-state index in [1.54, 1.807) is 0 Å². The van der Waals surface area contributed by atoms with Crippen molar-refractivity contribution in [3.63, 3.8) is 0 Å². The van der Waals surface area contributed by atoms with E-state index in [0.29, 0.717) is 13.2 Å². The Morgan fingerprint density at radius 1 is 0.769 bits per heavy atom. The Morgan fingerprint density at radius 2 is 1.00 bits per heavy atom. The van der Waals surface area contributed by atoms with E-state index >= 15 is 0 Å². The molecule has 0 aromatic rings. The molecule has 0 atom stereocenters. The second-order valence-electron chi connectivity index (χ2n) is 2.15. The second-order valence-corrected chi connectivity index (χ2v) is 2.15. The minimum Gasteiger partial charge on any atom is -0.396 e. The summed E-state index contributed by atoms with van der Waals surface area (Å²) in [5.41, 5.74) is 0. The zero-order chi connectivity index (χ0) is 8.24. The zero-order valence-electron chi connectivity index (χ0n) is 8.45. The molecule has 0 bridgehead atoms. The number of unbranched alkanes of at least 4 members (excludes halogenated alkanes) is 2. The summed E-state index contributed by atoms with van der Waals surface area (Å²) in [6, 6.07) is 0. The first kappa shape index (κ1) is 29.3. The third-order valence-electron chi connectivity index (χ3n) is 1.02. The van der Waals surface area contributed by atoms with Crippen LogP contribution in [0.5, 0.6) is 0 Å². The number of rotatable bonds is 4. The van der Waals surface area contributed by atoms with Gasteiger partial charge in [-0.1, -0.05) is 26.7 Å². The van der Waals surface area contributed by atoms with E-state index < -0.39 is 0 Å². The third kappa shape index (κ3) is 59.9. The summed E-state index contributed by atoms with van der Waals surface area (Å²) in [6.07, 6.45) is 4.08. The van der Waals surface area contributed by atoms with Gasteiger partial charge in [0.15, 0.2) is 0 Å². The van der Waals surface area contributed by atoms with Crippen LogP contribution in [0.15, 0.2) is 0 Å². The molecular formula is C8H22Cl2HfO2. The van der Waals surface area contributed by atoms with E-state index in [-0.39, 0.29) is 50.7 Å². The maximum absolute atomic E-state index is 8.07. The SMILES string of the molecule is CCCCO.CCCCO.Cl.Cl.[Hf]. The monoisotopic (exact) mass is 400 g/mol. The van der Waals surface area contributed by atoms with Gasteiger partial charge in [-0.25, -0.2) is 0 Å². The molecule has 0 aliphatic carbocycles. The topological polar surface area (TPSA) is 40.5 Å². The molecule has 0 aliphatic heterocycles. The molecule has 0 spiro atoms. The van der Waals surface area contributed by atoms with E-state index in [9.17, 15) is 0 Å². The van der Waals surface area contributed by atoms with Crippen LogP contribution in [0, 0.1) is 0 Å². The van der Waals surface area contributed by atoms with Crippen molar-refractivity contribution in [1.82, 2.24) is 0 Å². The van der Waals surface area contributed by atoms with Crippen LogP contribution in [0.3, 0.4) is 0 Å². The predicted molar refractivity (Wildman–Crippen MR) is 58.5 cm³/mol. The molecule has 0 aromatic carbocycles. The summed E-state index contributed by atoms with van der Waals surface area (Å²) in [5, 5.41) is 16.1. The molecule has 0 rings (SSSR count). The Hall–Kier alpha value is 1.37. The first-order valence-corrected chi connectivity index (χ1v) is 4.05. The molecule has 84 valence electrons. The molecule has 0 radical (unpaired) electrons. The number of hydrogen-bond donors (Lipinski definition) is 2. The van der Waals surface area contributed by atoms with Crippen molar-refractivity contribution >= 4 is 24.8 Å². The van der Waals surface area contributed by atoms with Crippen molar-refractivity contribution in [1.29, 1.82) is 0 Å². The van der Waals surface area contributed by atoms with Crippen LogP contribution < -0.4 is 0 Å². The van der Waals surface area contributed by atoms with E-state index in [1.807, 2.05) is 0 Å². The maximum Gasteiger partial charge on any atom is 0.0430 e. The number of aliphatic hydroxyl groups is 2. The first-order chi connectivity index (χ1) is 4.83. The van der Waals surface area contributed by atoms with Gasteiger partial charge >= 0.3 is 0 Å². The number of halogens is 2. The Kier molecular flexibility index (Phi) is 84.8. The fourth-order valence-corrected chi connectivity index (χ4v) is 0.316. The molecule has 0 unspecified atom stereocenters. The van der Waals surface area contributed by atoms with Crippen LogP contribution >= 0.6 is 24.8 Å². The van der Waals surface area contributed by atoms with Crippen molar-refractivity contribution < 1.29 is 36.1 Å². The van der Waals surface area contributed by atoms with Gasteiger partial charge in [0.1, 0.15) is 0 Å². The van der Waals surface area contributed by atoms with E-state index in [1.165, 1.54) is 0 Å². The van der Waals surface area contributed by atoms with Gasteiger partial charge in [-0.15, -0.1) is 24.8 Å². The van der Waals surface area contributed by atoms with Crippen molar-refractivity contribution in [2.45, 2.75) is 39.5 Å². The summed E-state index contributed by atoms with van der Waals surface area (Å²) >= 11 is 0. The molecule has 0 fully saturated rings. The summed E-state index contributed by atoms with van der Waals surface area (Å²) in [6.45, 7) is 4.79. The third-order valence-corrected chi connectivity index (χ3v) is 1.02. The average molecular weight is 400 g/mol. The maximum atomic E-state index is 8.07. The Bertz CT molecular complexity index is 41.1. The standard InChI is InChI=1S/2C4H10O.2ClH.Hf/c2*1-2-3-4-5;;;/h2*5H,2-4H2,1H3;2*1H;. The van der Waals surface area contributed by atoms with Crippen molar-refractivity contribution in [2.24, 2.45) is 0 Å². The molecule has 0 amide bonds. The molecule has 13 heavy (non-hydrogen) atoms. The molecule has 0 aliphatic rings. The minimum atomic E-state index is 0. The number of hydrogen-bond acceptors (Lipinski definition) is 2. The van der Waals surface area contributed by atoms with Crippen LogP contribution in [0.2, 0.25) is 0 Å². The van der Waals surface area contributed by atoms with Crippen LogP contribution in [0.1, 0.15) is 39.5 Å². The van der Waals surface area contributed by atoms with Crippen LogP contribution in [-0.2, 0) is 25.8 Å². The average Bonchev–Trinajstić information content (AvgIpc) is 1.93. The van der Waals surface area contributed by atoms with Crippen LogP contribution in [0.25, 0.3) is 0 Å². The second kappa shape index (κ2) is 37.7. The van der Waals surface area contributed by atoms with Gasteiger partial charge in [0.2, 0.25) is 0 Å². The summed E-state index contributed by atoms with van der Waals surface area (Å²) < 4.78 is 0. The Balaban J connectivity index is -0.0000000267. The molecule has 0 heterocycles. The van der Waals surface area contributed by atoms with Crippen molar-refractivity contribution in [3.8, 4) is 0 Å². The Morgan fingerprint density at radius 3 is 1.00 bits per heavy atom. The van der Waals surface area contributed by atoms with Gasteiger partial charge in [-0.05, 0) is 12.8 Å². The zero-order valence-corrected chi connectivity index (χ0v) is 13.7. The number of aliphatic hydroxyl groups excluding tert-OH is 2. The molecule has 2 nitrogen and oxygen atoms in total.